The van der Waals surface area contributed by atoms with Crippen LogP contribution in [0.15, 0.2) is 18.2 Å². The second-order valence-corrected chi connectivity index (χ2v) is 4.83. The van der Waals surface area contributed by atoms with Gasteiger partial charge in [0.25, 0.3) is 0 Å². The smallest absolute Gasteiger partial charge is 0.417 e. The molecule has 0 aromatic heterocycles. The highest BCUT2D eigenvalue weighted by atomic mass is 35.5. The zero-order valence-corrected chi connectivity index (χ0v) is 11.1. The Kier molecular flexibility index (Phi) is 3.99. The molecule has 0 bridgehead atoms. The first-order chi connectivity index (χ1) is 9.29. The number of piperazine rings is 1. The Balaban J connectivity index is 2.17. The Bertz CT molecular complexity index is 514. The molecule has 1 aliphatic heterocycles. The lowest BCUT2D eigenvalue weighted by molar-refractivity contribution is -0.137. The van der Waals surface area contributed by atoms with E-state index in [0.29, 0.717) is 18.8 Å². The van der Waals surface area contributed by atoms with Crippen molar-refractivity contribution in [1.82, 2.24) is 4.90 Å². The SMILES string of the molecule is O=C(O)N1CCN(c2ccc(Cl)c(C(F)(F)F)c2)CC1. The number of nitrogens with zero attached hydrogens (tertiary/aromatic N) is 2. The van der Waals surface area contributed by atoms with E-state index in [1.165, 1.54) is 17.0 Å². The largest absolute Gasteiger partial charge is 0.465 e. The molecule has 1 saturated heterocycles. The third-order valence-electron chi connectivity index (χ3n) is 3.17. The molecule has 0 radical (unpaired) electrons. The third kappa shape index (κ3) is 3.09. The summed E-state index contributed by atoms with van der Waals surface area (Å²) in [4.78, 5) is 13.7. The number of rotatable bonds is 1. The Morgan fingerprint density at radius 3 is 2.30 bits per heavy atom. The van der Waals surface area contributed by atoms with E-state index in [9.17, 15) is 18.0 Å². The maximum absolute atomic E-state index is 12.8. The summed E-state index contributed by atoms with van der Waals surface area (Å²) in [6, 6.07) is 3.72. The van der Waals surface area contributed by atoms with Crippen molar-refractivity contribution in [2.24, 2.45) is 0 Å². The highest BCUT2D eigenvalue weighted by molar-refractivity contribution is 6.31. The van der Waals surface area contributed by atoms with Crippen molar-refractivity contribution < 1.29 is 23.1 Å². The number of halogens is 4. The Morgan fingerprint density at radius 2 is 1.80 bits per heavy atom. The van der Waals surface area contributed by atoms with Gasteiger partial charge in [-0.15, -0.1) is 0 Å². The molecule has 1 N–H and O–H groups in total. The number of anilines is 1. The molecule has 1 aromatic carbocycles. The van der Waals surface area contributed by atoms with Crippen LogP contribution in [0.5, 0.6) is 0 Å². The normalized spacial score (nSPS) is 16.4. The van der Waals surface area contributed by atoms with Crippen molar-refractivity contribution in [3.05, 3.63) is 28.8 Å². The van der Waals surface area contributed by atoms with E-state index in [1.807, 2.05) is 0 Å². The van der Waals surface area contributed by atoms with Gasteiger partial charge in [0.15, 0.2) is 0 Å². The minimum Gasteiger partial charge on any atom is -0.465 e. The first-order valence-corrected chi connectivity index (χ1v) is 6.26. The predicted octanol–water partition coefficient (Wildman–Crippen LogP) is 3.16. The van der Waals surface area contributed by atoms with Crippen LogP contribution in [0.25, 0.3) is 0 Å². The number of alkyl halides is 3. The lowest BCUT2D eigenvalue weighted by atomic mass is 10.1. The van der Waals surface area contributed by atoms with E-state index < -0.39 is 17.8 Å². The molecule has 1 fully saturated rings. The highest BCUT2D eigenvalue weighted by Crippen LogP contribution is 2.37. The molecular weight excluding hydrogens is 297 g/mol. The highest BCUT2D eigenvalue weighted by Gasteiger charge is 2.34. The van der Waals surface area contributed by atoms with Crippen molar-refractivity contribution in [3.63, 3.8) is 0 Å². The molecule has 1 aromatic rings. The van der Waals surface area contributed by atoms with Crippen molar-refractivity contribution in [1.29, 1.82) is 0 Å². The van der Waals surface area contributed by atoms with Crippen LogP contribution in [-0.2, 0) is 6.18 Å². The van der Waals surface area contributed by atoms with E-state index in [0.717, 1.165) is 6.07 Å². The summed E-state index contributed by atoms with van der Waals surface area (Å²) >= 11 is 5.56. The van der Waals surface area contributed by atoms with Crippen LogP contribution in [0, 0.1) is 0 Å². The summed E-state index contributed by atoms with van der Waals surface area (Å²) in [5, 5.41) is 8.48. The Morgan fingerprint density at radius 1 is 1.20 bits per heavy atom. The fraction of sp³-hybridized carbons (Fsp3) is 0.417. The van der Waals surface area contributed by atoms with Crippen molar-refractivity contribution in [2.45, 2.75) is 6.18 Å². The number of hydrogen-bond acceptors (Lipinski definition) is 2. The van der Waals surface area contributed by atoms with Crippen LogP contribution in [0.3, 0.4) is 0 Å². The molecule has 0 atom stereocenters. The number of carbonyl (C=O) groups is 1. The molecule has 1 amide bonds. The second-order valence-electron chi connectivity index (χ2n) is 4.42. The van der Waals surface area contributed by atoms with Gasteiger partial charge in [-0.3, -0.25) is 0 Å². The fourth-order valence-electron chi connectivity index (χ4n) is 2.08. The second kappa shape index (κ2) is 5.40. The van der Waals surface area contributed by atoms with E-state index in [-0.39, 0.29) is 18.1 Å². The maximum atomic E-state index is 12.8. The topological polar surface area (TPSA) is 43.8 Å². The Labute approximate surface area is 118 Å². The third-order valence-corrected chi connectivity index (χ3v) is 3.50. The molecule has 0 spiro atoms. The summed E-state index contributed by atoms with van der Waals surface area (Å²) in [6.45, 7) is 1.23. The zero-order valence-electron chi connectivity index (χ0n) is 10.3. The molecule has 0 saturated carbocycles. The molecule has 110 valence electrons. The van der Waals surface area contributed by atoms with Gasteiger partial charge in [-0.05, 0) is 18.2 Å². The van der Waals surface area contributed by atoms with Gasteiger partial charge in [0, 0.05) is 31.9 Å². The average Bonchev–Trinajstić information content (AvgIpc) is 2.38. The van der Waals surface area contributed by atoms with E-state index in [2.05, 4.69) is 0 Å². The number of hydrogen-bond donors (Lipinski definition) is 1. The lowest BCUT2D eigenvalue weighted by Gasteiger charge is -2.34. The van der Waals surface area contributed by atoms with Gasteiger partial charge in [-0.1, -0.05) is 11.6 Å². The fourth-order valence-corrected chi connectivity index (χ4v) is 2.31. The molecule has 1 heterocycles. The van der Waals surface area contributed by atoms with E-state index in [4.69, 9.17) is 16.7 Å². The van der Waals surface area contributed by atoms with Crippen LogP contribution < -0.4 is 4.90 Å². The minimum atomic E-state index is -4.50. The van der Waals surface area contributed by atoms with E-state index >= 15 is 0 Å². The van der Waals surface area contributed by atoms with Crippen LogP contribution in [0.2, 0.25) is 5.02 Å². The number of amides is 1. The lowest BCUT2D eigenvalue weighted by Crippen LogP contribution is -2.48. The number of benzene rings is 1. The van der Waals surface area contributed by atoms with Crippen LogP contribution >= 0.6 is 11.6 Å². The van der Waals surface area contributed by atoms with Gasteiger partial charge in [-0.2, -0.15) is 13.2 Å². The van der Waals surface area contributed by atoms with Gasteiger partial charge in [0.1, 0.15) is 0 Å². The molecule has 0 unspecified atom stereocenters. The van der Waals surface area contributed by atoms with Gasteiger partial charge < -0.3 is 14.9 Å². The molecule has 20 heavy (non-hydrogen) atoms. The van der Waals surface area contributed by atoms with Crippen molar-refractivity contribution in [3.8, 4) is 0 Å². The van der Waals surface area contributed by atoms with Crippen LogP contribution in [-0.4, -0.2) is 42.3 Å². The maximum Gasteiger partial charge on any atom is 0.417 e. The molecule has 8 heteroatoms. The van der Waals surface area contributed by atoms with Crippen LogP contribution in [0.1, 0.15) is 5.56 Å². The summed E-state index contributed by atoms with van der Waals surface area (Å²) < 4.78 is 38.3. The number of carboxylic acid groups (broad SMARTS) is 1. The average molecular weight is 309 g/mol. The molecular formula is C12H12ClF3N2O2. The minimum absolute atomic E-state index is 0.263. The van der Waals surface area contributed by atoms with Crippen molar-refractivity contribution >= 4 is 23.4 Å². The summed E-state index contributed by atoms with van der Waals surface area (Å²) in [5.41, 5.74) is -0.482. The van der Waals surface area contributed by atoms with Crippen LogP contribution in [0.4, 0.5) is 23.7 Å². The Hall–Kier alpha value is -1.63. The van der Waals surface area contributed by atoms with E-state index in [1.54, 1.807) is 4.90 Å². The molecule has 0 aliphatic carbocycles. The van der Waals surface area contributed by atoms with Gasteiger partial charge in [0.2, 0.25) is 0 Å². The van der Waals surface area contributed by atoms with Gasteiger partial charge in [-0.25, -0.2) is 4.79 Å². The first-order valence-electron chi connectivity index (χ1n) is 5.88. The summed E-state index contributed by atoms with van der Waals surface area (Å²) in [7, 11) is 0. The van der Waals surface area contributed by atoms with Gasteiger partial charge in [0.05, 0.1) is 10.6 Å². The quantitative estimate of drug-likeness (QED) is 0.866. The summed E-state index contributed by atoms with van der Waals surface area (Å²) in [6.07, 6.45) is -5.52. The zero-order chi connectivity index (χ0) is 14.9. The van der Waals surface area contributed by atoms with Gasteiger partial charge >= 0.3 is 12.3 Å². The monoisotopic (exact) mass is 308 g/mol. The molecule has 1 aliphatic rings. The summed E-state index contributed by atoms with van der Waals surface area (Å²) in [5.74, 6) is 0. The standard InChI is InChI=1S/C12H12ClF3N2O2/c13-10-2-1-8(7-9(10)12(14,15)16)17-3-5-18(6-4-17)11(19)20/h1-2,7H,3-6H2,(H,19,20). The first kappa shape index (κ1) is 14.8. The van der Waals surface area contributed by atoms with Crippen molar-refractivity contribution in [2.75, 3.05) is 31.1 Å². The predicted molar refractivity (Wildman–Crippen MR) is 68.3 cm³/mol. The molecule has 4 nitrogen and oxygen atoms in total. The molecule has 2 rings (SSSR count).